The fraction of sp³-hybridized carbons (Fsp3) is 0.550. The van der Waals surface area contributed by atoms with Crippen LogP contribution in [0.4, 0.5) is 5.69 Å². The van der Waals surface area contributed by atoms with Crippen molar-refractivity contribution in [2.24, 2.45) is 10.9 Å². The number of para-hydroxylation sites is 1. The van der Waals surface area contributed by atoms with Gasteiger partial charge < -0.3 is 20.5 Å². The van der Waals surface area contributed by atoms with Crippen molar-refractivity contribution in [3.05, 3.63) is 42.5 Å². The molecule has 0 aliphatic carbocycles. The van der Waals surface area contributed by atoms with E-state index in [1.54, 1.807) is 6.33 Å². The van der Waals surface area contributed by atoms with Crippen molar-refractivity contribution in [1.29, 1.82) is 0 Å². The van der Waals surface area contributed by atoms with Crippen LogP contribution in [0.15, 0.2) is 41.7 Å². The Balaban J connectivity index is 1.91. The quantitative estimate of drug-likeness (QED) is 0.442. The predicted molar refractivity (Wildman–Crippen MR) is 112 cm³/mol. The summed E-state index contributed by atoms with van der Waals surface area (Å²) in [7, 11) is 0. The van der Waals surface area contributed by atoms with Crippen LogP contribution < -0.4 is 16.0 Å². The highest BCUT2D eigenvalue weighted by Gasteiger charge is 2.13. The molecule has 0 bridgehead atoms. The van der Waals surface area contributed by atoms with Crippen LogP contribution in [0.3, 0.4) is 0 Å². The molecule has 0 amide bonds. The lowest BCUT2D eigenvalue weighted by atomic mass is 10.0. The Hall–Kier alpha value is -2.57. The molecule has 0 fully saturated rings. The summed E-state index contributed by atoms with van der Waals surface area (Å²) in [6.07, 6.45) is 2.67. The van der Waals surface area contributed by atoms with E-state index < -0.39 is 0 Å². The van der Waals surface area contributed by atoms with Crippen LogP contribution in [-0.2, 0) is 13.0 Å². The molecule has 27 heavy (non-hydrogen) atoms. The molecule has 2 rings (SSSR count). The molecular formula is C20H33N7. The maximum absolute atomic E-state index is 4.78. The molecular weight excluding hydrogens is 338 g/mol. The Morgan fingerprint density at radius 2 is 1.93 bits per heavy atom. The van der Waals surface area contributed by atoms with Crippen molar-refractivity contribution in [3.8, 4) is 0 Å². The zero-order valence-electron chi connectivity index (χ0n) is 16.9. The molecule has 0 saturated heterocycles. The number of nitrogens with one attached hydrogen (secondary N) is 3. The number of benzene rings is 1. The minimum atomic E-state index is 0.271. The van der Waals surface area contributed by atoms with Gasteiger partial charge in [-0.2, -0.15) is 0 Å². The topological polar surface area (TPSA) is 79.2 Å². The summed E-state index contributed by atoms with van der Waals surface area (Å²) in [5.74, 6) is 2.32. The van der Waals surface area contributed by atoms with E-state index in [9.17, 15) is 0 Å². The molecule has 0 saturated carbocycles. The van der Waals surface area contributed by atoms with Gasteiger partial charge in [0.2, 0.25) is 0 Å². The first kappa shape index (κ1) is 20.7. The smallest absolute Gasteiger partial charge is 0.191 e. The molecule has 0 radical (unpaired) electrons. The van der Waals surface area contributed by atoms with E-state index in [-0.39, 0.29) is 6.04 Å². The first-order valence-corrected chi connectivity index (χ1v) is 9.84. The maximum atomic E-state index is 4.78. The zero-order chi connectivity index (χ0) is 19.5. The molecule has 1 aromatic heterocycles. The van der Waals surface area contributed by atoms with Gasteiger partial charge in [-0.15, -0.1) is 10.2 Å². The highest BCUT2D eigenvalue weighted by molar-refractivity contribution is 5.79. The van der Waals surface area contributed by atoms with Crippen molar-refractivity contribution in [3.63, 3.8) is 0 Å². The summed E-state index contributed by atoms with van der Waals surface area (Å²) in [5.41, 5.74) is 1.13. The highest BCUT2D eigenvalue weighted by Crippen LogP contribution is 2.12. The van der Waals surface area contributed by atoms with Crippen molar-refractivity contribution < 1.29 is 0 Å². The molecule has 1 atom stereocenters. The van der Waals surface area contributed by atoms with E-state index >= 15 is 0 Å². The lowest BCUT2D eigenvalue weighted by Crippen LogP contribution is -2.40. The third-order valence-electron chi connectivity index (χ3n) is 4.38. The fourth-order valence-electron chi connectivity index (χ4n) is 2.74. The first-order chi connectivity index (χ1) is 13.1. The molecule has 1 heterocycles. The van der Waals surface area contributed by atoms with Gasteiger partial charge in [-0.05, 0) is 25.0 Å². The van der Waals surface area contributed by atoms with Crippen LogP contribution in [0.25, 0.3) is 0 Å². The van der Waals surface area contributed by atoms with Crippen molar-refractivity contribution in [1.82, 2.24) is 25.4 Å². The Labute approximate surface area is 162 Å². The molecule has 7 heteroatoms. The number of nitrogens with zero attached hydrogens (tertiary/aromatic N) is 4. The Morgan fingerprint density at radius 1 is 1.15 bits per heavy atom. The lowest BCUT2D eigenvalue weighted by Gasteiger charge is -2.22. The van der Waals surface area contributed by atoms with Gasteiger partial charge in [-0.3, -0.25) is 4.99 Å². The number of hydrogen-bond acceptors (Lipinski definition) is 4. The Morgan fingerprint density at radius 3 is 2.59 bits per heavy atom. The Bertz CT molecular complexity index is 679. The molecule has 0 aliphatic rings. The number of guanidine groups is 1. The SMILES string of the molecule is CCNC(=NCC(Nc1ccccc1)C(C)C)NCCn1cnnc1CC. The van der Waals surface area contributed by atoms with Crippen LogP contribution in [0.5, 0.6) is 0 Å². The summed E-state index contributed by atoms with van der Waals surface area (Å²) >= 11 is 0. The van der Waals surface area contributed by atoms with Gasteiger partial charge >= 0.3 is 0 Å². The van der Waals surface area contributed by atoms with Gasteiger partial charge in [0.1, 0.15) is 12.2 Å². The van der Waals surface area contributed by atoms with Gasteiger partial charge in [-0.1, -0.05) is 39.0 Å². The van der Waals surface area contributed by atoms with Gasteiger partial charge in [0, 0.05) is 37.8 Å². The summed E-state index contributed by atoms with van der Waals surface area (Å²) in [5, 5.41) is 18.4. The van der Waals surface area contributed by atoms with Gasteiger partial charge in [0.25, 0.3) is 0 Å². The summed E-state index contributed by atoms with van der Waals surface area (Å²) in [6.45, 7) is 11.7. The molecule has 2 aromatic rings. The second kappa shape index (κ2) is 11.2. The zero-order valence-corrected chi connectivity index (χ0v) is 16.9. The van der Waals surface area contributed by atoms with E-state index in [1.807, 2.05) is 18.2 Å². The number of aromatic nitrogens is 3. The standard InChI is InChI=1S/C20H33N7/c1-5-19-26-24-15-27(19)13-12-22-20(21-6-2)23-14-18(16(3)4)25-17-10-8-7-9-11-17/h7-11,15-16,18,25H,5-6,12-14H2,1-4H3,(H2,21,22,23). The number of aryl methyl sites for hydroxylation is 1. The van der Waals surface area contributed by atoms with E-state index in [1.165, 1.54) is 0 Å². The molecule has 1 unspecified atom stereocenters. The van der Waals surface area contributed by atoms with Gasteiger partial charge in [-0.25, -0.2) is 0 Å². The highest BCUT2D eigenvalue weighted by atomic mass is 15.3. The van der Waals surface area contributed by atoms with Crippen LogP contribution in [-0.4, -0.2) is 46.4 Å². The summed E-state index contributed by atoms with van der Waals surface area (Å²) in [4.78, 5) is 4.78. The van der Waals surface area contributed by atoms with Crippen molar-refractivity contribution >= 4 is 11.6 Å². The number of hydrogen-bond donors (Lipinski definition) is 3. The van der Waals surface area contributed by atoms with Crippen LogP contribution >= 0.6 is 0 Å². The second-order valence-corrected chi connectivity index (χ2v) is 6.80. The molecule has 7 nitrogen and oxygen atoms in total. The lowest BCUT2D eigenvalue weighted by molar-refractivity contribution is 0.530. The van der Waals surface area contributed by atoms with E-state index in [0.717, 1.165) is 43.5 Å². The van der Waals surface area contributed by atoms with Crippen molar-refractivity contribution in [2.75, 3.05) is 25.0 Å². The van der Waals surface area contributed by atoms with E-state index in [2.05, 4.69) is 70.5 Å². The van der Waals surface area contributed by atoms with E-state index in [4.69, 9.17) is 4.99 Å². The average Bonchev–Trinajstić information content (AvgIpc) is 3.13. The third kappa shape index (κ3) is 6.92. The minimum Gasteiger partial charge on any atom is -0.380 e. The monoisotopic (exact) mass is 371 g/mol. The molecule has 0 spiro atoms. The molecule has 3 N–H and O–H groups in total. The molecule has 148 valence electrons. The molecule has 1 aromatic carbocycles. The fourth-order valence-corrected chi connectivity index (χ4v) is 2.74. The largest absolute Gasteiger partial charge is 0.380 e. The third-order valence-corrected chi connectivity index (χ3v) is 4.38. The normalized spacial score (nSPS) is 12.9. The molecule has 0 aliphatic heterocycles. The van der Waals surface area contributed by atoms with Crippen LogP contribution in [0, 0.1) is 5.92 Å². The maximum Gasteiger partial charge on any atom is 0.191 e. The number of rotatable bonds is 10. The van der Waals surface area contributed by atoms with Crippen molar-refractivity contribution in [2.45, 2.75) is 46.7 Å². The summed E-state index contributed by atoms with van der Waals surface area (Å²) < 4.78 is 2.07. The number of aliphatic imine (C=N–C) groups is 1. The second-order valence-electron chi connectivity index (χ2n) is 6.80. The van der Waals surface area contributed by atoms with Crippen LogP contribution in [0.2, 0.25) is 0 Å². The number of anilines is 1. The first-order valence-electron chi connectivity index (χ1n) is 9.84. The summed E-state index contributed by atoms with van der Waals surface area (Å²) in [6, 6.07) is 10.6. The predicted octanol–water partition coefficient (Wildman–Crippen LogP) is 2.53. The van der Waals surface area contributed by atoms with E-state index in [0.29, 0.717) is 12.5 Å². The van der Waals surface area contributed by atoms with Gasteiger partial charge in [0.15, 0.2) is 5.96 Å². The minimum absolute atomic E-state index is 0.271. The van der Waals surface area contributed by atoms with Crippen LogP contribution in [0.1, 0.15) is 33.5 Å². The van der Waals surface area contributed by atoms with Gasteiger partial charge in [0.05, 0.1) is 6.54 Å². The Kier molecular flexibility index (Phi) is 8.61. The average molecular weight is 372 g/mol.